The molecule has 2 aromatic carbocycles. The SMILES string of the molecule is C=C/C=C\[C](=C)[Ge]([CH3])([c]1ccccc1)[c]1ccccc1. The molecule has 0 bridgehead atoms. The van der Waals surface area contributed by atoms with Gasteiger partial charge in [0.1, 0.15) is 0 Å². The molecule has 0 saturated carbocycles. The minimum absolute atomic E-state index is 1.24. The second-order valence-corrected chi connectivity index (χ2v) is 13.5. The van der Waals surface area contributed by atoms with Crippen LogP contribution in [0.25, 0.3) is 0 Å². The molecule has 0 saturated heterocycles. The molecule has 100 valence electrons. The molecule has 0 heterocycles. The molecule has 0 N–H and O–H groups in total. The summed E-state index contributed by atoms with van der Waals surface area (Å²) in [5, 5.41) is 0. The molecule has 0 nitrogen and oxygen atoms in total. The van der Waals surface area contributed by atoms with Crippen LogP contribution in [0, 0.1) is 0 Å². The third-order valence-corrected chi connectivity index (χ3v) is 13.1. The van der Waals surface area contributed by atoms with Crippen LogP contribution in [0.2, 0.25) is 5.76 Å². The van der Waals surface area contributed by atoms with E-state index in [1.54, 1.807) is 0 Å². The third-order valence-electron chi connectivity index (χ3n) is 3.78. The summed E-state index contributed by atoms with van der Waals surface area (Å²) in [6.45, 7) is 8.12. The summed E-state index contributed by atoms with van der Waals surface area (Å²) >= 11 is -2.58. The van der Waals surface area contributed by atoms with E-state index in [4.69, 9.17) is 0 Å². The summed E-state index contributed by atoms with van der Waals surface area (Å²) in [6.07, 6.45) is 5.91. The van der Waals surface area contributed by atoms with Crippen molar-refractivity contribution in [3.8, 4) is 0 Å². The fourth-order valence-electron chi connectivity index (χ4n) is 2.43. The summed E-state index contributed by atoms with van der Waals surface area (Å²) in [7, 11) is 0. The number of hydrogen-bond donors (Lipinski definition) is 0. The Morgan fingerprint density at radius 1 is 0.900 bits per heavy atom. The molecular weight excluding hydrogens is 301 g/mol. The molecule has 0 spiro atoms. The van der Waals surface area contributed by atoms with Crippen molar-refractivity contribution in [1.29, 1.82) is 0 Å². The average molecular weight is 321 g/mol. The molecule has 0 fully saturated rings. The van der Waals surface area contributed by atoms with Gasteiger partial charge < -0.3 is 0 Å². The summed E-state index contributed by atoms with van der Waals surface area (Å²) in [5.74, 6) is 2.40. The maximum absolute atomic E-state index is 4.37. The van der Waals surface area contributed by atoms with Crippen LogP contribution in [-0.2, 0) is 0 Å². The first kappa shape index (κ1) is 14.6. The summed E-state index contributed by atoms with van der Waals surface area (Å²) in [6, 6.07) is 21.6. The van der Waals surface area contributed by atoms with E-state index in [1.165, 1.54) is 13.2 Å². The van der Waals surface area contributed by atoms with Gasteiger partial charge in [-0.2, -0.15) is 0 Å². The molecule has 0 aliphatic heterocycles. The Labute approximate surface area is 124 Å². The molecule has 2 aromatic rings. The zero-order valence-corrected chi connectivity index (χ0v) is 14.0. The van der Waals surface area contributed by atoms with E-state index in [9.17, 15) is 0 Å². The molecule has 0 atom stereocenters. The van der Waals surface area contributed by atoms with E-state index < -0.39 is 13.3 Å². The van der Waals surface area contributed by atoms with Gasteiger partial charge in [-0.15, -0.1) is 0 Å². The second kappa shape index (κ2) is 6.58. The van der Waals surface area contributed by atoms with Gasteiger partial charge in [0.2, 0.25) is 0 Å². The first-order chi connectivity index (χ1) is 9.69. The topological polar surface area (TPSA) is 0 Å². The second-order valence-electron chi connectivity index (χ2n) is 4.98. The number of allylic oxidation sites excluding steroid dienone is 4. The Morgan fingerprint density at radius 3 is 1.75 bits per heavy atom. The van der Waals surface area contributed by atoms with Crippen molar-refractivity contribution in [2.24, 2.45) is 0 Å². The Morgan fingerprint density at radius 2 is 1.35 bits per heavy atom. The van der Waals surface area contributed by atoms with E-state index in [-0.39, 0.29) is 0 Å². The Hall–Kier alpha value is -1.80. The van der Waals surface area contributed by atoms with Gasteiger partial charge in [-0.05, 0) is 0 Å². The molecule has 1 heteroatoms. The summed E-state index contributed by atoms with van der Waals surface area (Å²) < 4.78 is 4.09. The Balaban J connectivity index is 2.58. The fourth-order valence-corrected chi connectivity index (χ4v) is 9.19. The predicted octanol–water partition coefficient (Wildman–Crippen LogP) is 3.72. The third kappa shape index (κ3) is 2.86. The van der Waals surface area contributed by atoms with Crippen LogP contribution in [-0.4, -0.2) is 13.3 Å². The zero-order chi connectivity index (χ0) is 14.4. The molecule has 0 amide bonds. The molecular formula is C19H20Ge. The van der Waals surface area contributed by atoms with Gasteiger partial charge in [-0.3, -0.25) is 0 Å². The number of rotatable bonds is 5. The van der Waals surface area contributed by atoms with Gasteiger partial charge >= 0.3 is 124 Å². The standard InChI is InChI=1S/C19H20Ge/c1-4-5-12-17(2)20(3,18-13-8-6-9-14-18)19-15-10-7-11-16-19/h4-16H,1-2H2,3H3/b12-5-. The monoisotopic (exact) mass is 322 g/mol. The van der Waals surface area contributed by atoms with E-state index in [2.05, 4.69) is 85.7 Å². The Kier molecular flexibility index (Phi) is 4.80. The quantitative estimate of drug-likeness (QED) is 0.582. The molecule has 0 aliphatic rings. The molecule has 0 radical (unpaired) electrons. The van der Waals surface area contributed by atoms with Crippen molar-refractivity contribution in [3.63, 3.8) is 0 Å². The normalized spacial score (nSPS) is 11.4. The fraction of sp³-hybridized carbons (Fsp3) is 0.0526. The van der Waals surface area contributed by atoms with Crippen molar-refractivity contribution >= 4 is 22.1 Å². The van der Waals surface area contributed by atoms with Crippen LogP contribution in [0.3, 0.4) is 0 Å². The minimum atomic E-state index is -2.58. The molecule has 20 heavy (non-hydrogen) atoms. The van der Waals surface area contributed by atoms with Crippen LogP contribution >= 0.6 is 0 Å². The number of benzene rings is 2. The van der Waals surface area contributed by atoms with Crippen LogP contribution in [0.5, 0.6) is 0 Å². The average Bonchev–Trinajstić information content (AvgIpc) is 2.53. The molecule has 0 aromatic heterocycles. The molecule has 0 aliphatic carbocycles. The van der Waals surface area contributed by atoms with Gasteiger partial charge in [0.25, 0.3) is 0 Å². The van der Waals surface area contributed by atoms with E-state index in [0.29, 0.717) is 0 Å². The van der Waals surface area contributed by atoms with Crippen molar-refractivity contribution in [2.45, 2.75) is 5.76 Å². The Bertz CT molecular complexity index is 569. The van der Waals surface area contributed by atoms with Gasteiger partial charge in [0, 0.05) is 0 Å². The van der Waals surface area contributed by atoms with E-state index in [0.717, 1.165) is 0 Å². The van der Waals surface area contributed by atoms with Crippen LogP contribution in [0.1, 0.15) is 0 Å². The predicted molar refractivity (Wildman–Crippen MR) is 92.2 cm³/mol. The van der Waals surface area contributed by atoms with E-state index >= 15 is 0 Å². The van der Waals surface area contributed by atoms with Crippen molar-refractivity contribution in [1.82, 2.24) is 0 Å². The van der Waals surface area contributed by atoms with Crippen LogP contribution in [0.4, 0.5) is 0 Å². The van der Waals surface area contributed by atoms with Crippen molar-refractivity contribution < 1.29 is 0 Å². The molecule has 2 rings (SSSR count). The van der Waals surface area contributed by atoms with Crippen molar-refractivity contribution in [2.75, 3.05) is 0 Å². The summed E-state index contributed by atoms with van der Waals surface area (Å²) in [5.41, 5.74) is 0. The van der Waals surface area contributed by atoms with Crippen LogP contribution < -0.4 is 8.79 Å². The van der Waals surface area contributed by atoms with Crippen LogP contribution in [0.15, 0.2) is 96.5 Å². The first-order valence-corrected chi connectivity index (χ1v) is 12.0. The zero-order valence-electron chi connectivity index (χ0n) is 11.9. The van der Waals surface area contributed by atoms with Gasteiger partial charge in [0.05, 0.1) is 0 Å². The van der Waals surface area contributed by atoms with E-state index in [1.807, 2.05) is 12.2 Å². The summed E-state index contributed by atoms with van der Waals surface area (Å²) in [4.78, 5) is 0. The van der Waals surface area contributed by atoms with Crippen molar-refractivity contribution in [3.05, 3.63) is 96.5 Å². The van der Waals surface area contributed by atoms with Gasteiger partial charge in [0.15, 0.2) is 0 Å². The van der Waals surface area contributed by atoms with Gasteiger partial charge in [-0.1, -0.05) is 0 Å². The van der Waals surface area contributed by atoms with Gasteiger partial charge in [-0.25, -0.2) is 0 Å². The number of hydrogen-bond acceptors (Lipinski definition) is 0. The first-order valence-electron chi connectivity index (χ1n) is 6.79. The molecule has 0 unspecified atom stereocenters. The maximum atomic E-state index is 4.37.